The van der Waals surface area contributed by atoms with E-state index in [0.717, 1.165) is 0 Å². The van der Waals surface area contributed by atoms with Crippen molar-refractivity contribution in [1.29, 1.82) is 0 Å². The van der Waals surface area contributed by atoms with Crippen molar-refractivity contribution in [2.75, 3.05) is 26.2 Å². The lowest BCUT2D eigenvalue weighted by Gasteiger charge is -2.40. The molecule has 28 heteroatoms. The maximum Gasteiger partial charge on any atom is 0.458 e. The SMILES string of the molecule is CC1=C(C)C(=O)N(CCC[Si](C)(C)O[SiH]2O[SiH](O[Si](C)(C)CCCN3C(=O)C(C)=C(C)C3=O)O[SiH](O[Si](C)(C)CCCN3C(=O)C(C)=C(C)C3=O)O[SiH](O[Si](C)(C)CCCN3C(=O)C(C)=C(C)C3=O)O2)C1=O. The predicted octanol–water partition coefficient (Wildman–Crippen LogP) is 4.20. The predicted molar refractivity (Wildman–Crippen MR) is 285 cm³/mol. The molecular formula is C44H76N4O16Si8. The van der Waals surface area contributed by atoms with Crippen LogP contribution in [0.3, 0.4) is 0 Å². The van der Waals surface area contributed by atoms with Gasteiger partial charge in [-0.25, -0.2) is 0 Å². The Balaban J connectivity index is 1.37. The van der Waals surface area contributed by atoms with Crippen molar-refractivity contribution in [3.63, 3.8) is 0 Å². The van der Waals surface area contributed by atoms with E-state index < -0.39 is 71.4 Å². The Morgan fingerprint density at radius 2 is 0.444 bits per heavy atom. The van der Waals surface area contributed by atoms with E-state index in [1.165, 1.54) is 19.6 Å². The largest absolute Gasteiger partial charge is 0.458 e. The third-order valence-electron chi connectivity index (χ3n) is 14.0. The van der Waals surface area contributed by atoms with Gasteiger partial charge < -0.3 is 32.9 Å². The first-order valence-corrected chi connectivity index (χ1v) is 42.9. The molecule has 0 saturated carbocycles. The van der Waals surface area contributed by atoms with Gasteiger partial charge >= 0.3 is 38.1 Å². The lowest BCUT2D eigenvalue weighted by molar-refractivity contribution is -0.139. The highest BCUT2D eigenvalue weighted by atomic mass is 28.5. The number of carbonyl (C=O) groups excluding carboxylic acids is 8. The molecule has 0 N–H and O–H groups in total. The third-order valence-corrected chi connectivity index (χ3v) is 40.6. The lowest BCUT2D eigenvalue weighted by Crippen LogP contribution is -2.59. The van der Waals surface area contributed by atoms with Gasteiger partial charge in [0.05, 0.1) is 0 Å². The van der Waals surface area contributed by atoms with Gasteiger partial charge in [-0.1, -0.05) is 0 Å². The second-order valence-electron chi connectivity index (χ2n) is 21.7. The van der Waals surface area contributed by atoms with Crippen molar-refractivity contribution in [1.82, 2.24) is 19.6 Å². The van der Waals surface area contributed by atoms with Crippen LogP contribution in [0, 0.1) is 0 Å². The van der Waals surface area contributed by atoms with Gasteiger partial charge in [0.25, 0.3) is 47.3 Å². The maximum absolute atomic E-state index is 12.9. The summed E-state index contributed by atoms with van der Waals surface area (Å²) >= 11 is 0. The molecule has 400 valence electrons. The Bertz CT molecular complexity index is 1950. The Morgan fingerprint density at radius 1 is 0.306 bits per heavy atom. The van der Waals surface area contributed by atoms with Gasteiger partial charge in [-0.2, -0.15) is 0 Å². The molecule has 0 bridgehead atoms. The number of nitrogens with zero attached hydrogens (tertiary/aromatic N) is 4. The first-order valence-electron chi connectivity index (χ1n) is 24.7. The highest BCUT2D eigenvalue weighted by molar-refractivity contribution is 6.84. The summed E-state index contributed by atoms with van der Waals surface area (Å²) < 4.78 is 54.8. The molecule has 0 aromatic heterocycles. The average Bonchev–Trinajstić information content (AvgIpc) is 3.74. The van der Waals surface area contributed by atoms with Gasteiger partial charge in [-0.3, -0.25) is 58.0 Å². The van der Waals surface area contributed by atoms with Crippen LogP contribution in [0.4, 0.5) is 0 Å². The fourth-order valence-electron chi connectivity index (χ4n) is 8.73. The lowest BCUT2D eigenvalue weighted by atomic mass is 10.2. The monoisotopic (exact) mass is 1140 g/mol. The maximum atomic E-state index is 12.9. The number of amides is 8. The molecular weight excluding hydrogens is 1070 g/mol. The third kappa shape index (κ3) is 14.7. The van der Waals surface area contributed by atoms with Crippen molar-refractivity contribution in [3.05, 3.63) is 44.6 Å². The van der Waals surface area contributed by atoms with Gasteiger partial charge in [-0.15, -0.1) is 0 Å². The van der Waals surface area contributed by atoms with E-state index >= 15 is 0 Å². The van der Waals surface area contributed by atoms with E-state index in [9.17, 15) is 38.4 Å². The zero-order valence-corrected chi connectivity index (χ0v) is 53.7. The van der Waals surface area contributed by atoms with Crippen molar-refractivity contribution >= 4 is 119 Å². The normalized spacial score (nSPS) is 23.6. The van der Waals surface area contributed by atoms with E-state index in [-0.39, 0.29) is 73.4 Å². The molecule has 0 spiro atoms. The Labute approximate surface area is 435 Å². The Hall–Kier alpha value is -3.06. The van der Waals surface area contributed by atoms with Crippen molar-refractivity contribution in [3.8, 4) is 0 Å². The minimum absolute atomic E-state index is 0.228. The zero-order valence-electron chi connectivity index (χ0n) is 45.1. The number of rotatable bonds is 24. The van der Waals surface area contributed by atoms with Crippen molar-refractivity contribution in [2.45, 2.75) is 158 Å². The molecule has 0 unspecified atom stereocenters. The van der Waals surface area contributed by atoms with Crippen LogP contribution in [0.2, 0.25) is 76.6 Å². The zero-order chi connectivity index (χ0) is 54.0. The fourth-order valence-corrected chi connectivity index (χ4v) is 35.0. The highest BCUT2D eigenvalue weighted by Crippen LogP contribution is 2.30. The van der Waals surface area contributed by atoms with E-state index in [0.29, 0.717) is 94.4 Å². The molecule has 5 heterocycles. The van der Waals surface area contributed by atoms with Crippen molar-refractivity contribution in [2.24, 2.45) is 0 Å². The summed E-state index contributed by atoms with van der Waals surface area (Å²) in [5, 5.41) is 0. The van der Waals surface area contributed by atoms with E-state index in [4.69, 9.17) is 32.9 Å². The van der Waals surface area contributed by atoms with E-state index in [1.54, 1.807) is 55.4 Å². The molecule has 0 aliphatic carbocycles. The highest BCUT2D eigenvalue weighted by Gasteiger charge is 2.47. The molecule has 0 aromatic rings. The summed E-state index contributed by atoms with van der Waals surface area (Å²) in [5.41, 5.74) is 3.53. The molecule has 5 aliphatic heterocycles. The van der Waals surface area contributed by atoms with Crippen LogP contribution >= 0.6 is 0 Å². The van der Waals surface area contributed by atoms with Crippen molar-refractivity contribution < 1.29 is 71.3 Å². The van der Waals surface area contributed by atoms with Crippen LogP contribution in [0.5, 0.6) is 0 Å². The summed E-state index contributed by atoms with van der Waals surface area (Å²) in [6.45, 7) is 30.2. The van der Waals surface area contributed by atoms with Gasteiger partial charge in [0.15, 0.2) is 33.3 Å². The van der Waals surface area contributed by atoms with Crippen LogP contribution in [0.15, 0.2) is 44.6 Å². The minimum atomic E-state index is -3.25. The summed E-state index contributed by atoms with van der Waals surface area (Å²) in [4.78, 5) is 108. The fraction of sp³-hybridized carbons (Fsp3) is 0.636. The molecule has 0 atom stereocenters. The topological polar surface area (TPSA) is 223 Å². The molecule has 8 amide bonds. The number of hydrogen-bond donors (Lipinski definition) is 0. The molecule has 1 fully saturated rings. The van der Waals surface area contributed by atoms with Gasteiger partial charge in [-0.05, 0) is 158 Å². The summed E-state index contributed by atoms with van der Waals surface area (Å²) in [5.74, 6) is -2.36. The standard InChI is InChI=1S/C44H76N4O16Si8/c1-29-30(2)38(50)45(37(29)49)21-17-25-69(9,10)61-65-57-66(62-70(11,12)26-18-22-46-39(51)31(3)32(4)40(46)52)59-68(64-72(15,16)28-20-24-48-43(55)35(7)36(8)44(48)56)60-67(58-65)63-71(13,14)27-19-23-47-41(53)33(5)34(6)42(47)54/h65-68H,17-28H2,1-16H3. The van der Waals surface area contributed by atoms with E-state index in [1.807, 2.05) is 52.4 Å². The molecule has 20 nitrogen and oxygen atoms in total. The van der Waals surface area contributed by atoms with Crippen LogP contribution in [-0.2, 0) is 71.3 Å². The smallest absolute Gasteiger partial charge is 0.419 e. The molecule has 0 aromatic carbocycles. The minimum Gasteiger partial charge on any atom is -0.419 e. The molecule has 72 heavy (non-hydrogen) atoms. The summed E-state index contributed by atoms with van der Waals surface area (Å²) in [6.07, 6.45) is 1.97. The molecule has 5 aliphatic rings. The second kappa shape index (κ2) is 23.9. The first-order chi connectivity index (χ1) is 33.3. The summed E-state index contributed by atoms with van der Waals surface area (Å²) in [7, 11) is -23.8. The second-order valence-corrected chi connectivity index (χ2v) is 48.2. The number of imide groups is 4. The summed E-state index contributed by atoms with van der Waals surface area (Å²) in [6, 6.07) is 2.20. The van der Waals surface area contributed by atoms with Gasteiger partial charge in [0.1, 0.15) is 0 Å². The molecule has 1 saturated heterocycles. The number of hydrogen-bond acceptors (Lipinski definition) is 16. The molecule has 5 rings (SSSR count). The quantitative estimate of drug-likeness (QED) is 0.0976. The molecule has 0 radical (unpaired) electrons. The van der Waals surface area contributed by atoms with Crippen LogP contribution in [-0.4, -0.2) is 164 Å². The number of carbonyl (C=O) groups is 8. The average molecular weight is 1140 g/mol. The van der Waals surface area contributed by atoms with Crippen LogP contribution in [0.25, 0.3) is 0 Å². The van der Waals surface area contributed by atoms with Gasteiger partial charge in [0, 0.05) is 70.8 Å². The van der Waals surface area contributed by atoms with Crippen LogP contribution < -0.4 is 0 Å². The Morgan fingerprint density at radius 3 is 0.583 bits per heavy atom. The van der Waals surface area contributed by atoms with E-state index in [2.05, 4.69) is 0 Å². The van der Waals surface area contributed by atoms with Crippen LogP contribution in [0.1, 0.15) is 81.1 Å². The first kappa shape index (κ1) is 59.8. The van der Waals surface area contributed by atoms with Gasteiger partial charge in [0.2, 0.25) is 0 Å². The Kier molecular flexibility index (Phi) is 19.8.